The van der Waals surface area contributed by atoms with Crippen LogP contribution in [-0.4, -0.2) is 46.5 Å². The number of anilines is 2. The summed E-state index contributed by atoms with van der Waals surface area (Å²) in [5.41, 5.74) is 18.4. The molecule has 4 aliphatic rings. The molecule has 8 nitrogen and oxygen atoms in total. The van der Waals surface area contributed by atoms with Gasteiger partial charge in [0.15, 0.2) is 12.1 Å². The number of hydrogen-bond acceptors (Lipinski definition) is 8. The number of aromatic nitrogens is 2. The van der Waals surface area contributed by atoms with Gasteiger partial charge < -0.3 is 16.0 Å². The SMILES string of the molecule is NC1=NC(Nc2ccc3c(c2)CCC(N2CCCC2)CC3)NN1c1cc2c(nn1)-c1ccccc1CCC2. The third kappa shape index (κ3) is 4.52. The van der Waals surface area contributed by atoms with Crippen molar-refractivity contribution in [3.63, 3.8) is 0 Å². The first kappa shape index (κ1) is 23.6. The number of nitrogens with two attached hydrogens (primary N) is 1. The Hall–Kier alpha value is -3.49. The molecule has 1 saturated heterocycles. The molecular weight excluding hydrogens is 472 g/mol. The molecule has 0 saturated carbocycles. The van der Waals surface area contributed by atoms with Crippen LogP contribution in [0.15, 0.2) is 53.5 Å². The first-order valence-corrected chi connectivity index (χ1v) is 14.2. The predicted molar refractivity (Wildman–Crippen MR) is 152 cm³/mol. The van der Waals surface area contributed by atoms with Crippen LogP contribution in [0, 0.1) is 0 Å². The molecule has 8 heteroatoms. The van der Waals surface area contributed by atoms with E-state index in [1.807, 2.05) is 0 Å². The van der Waals surface area contributed by atoms with Crippen molar-refractivity contribution in [2.75, 3.05) is 23.4 Å². The molecule has 1 aromatic heterocycles. The molecule has 0 amide bonds. The molecule has 0 spiro atoms. The van der Waals surface area contributed by atoms with Crippen LogP contribution >= 0.6 is 0 Å². The Morgan fingerprint density at radius 2 is 1.63 bits per heavy atom. The fourth-order valence-electron chi connectivity index (χ4n) is 6.65. The van der Waals surface area contributed by atoms with Crippen LogP contribution in [-0.2, 0) is 25.7 Å². The molecule has 196 valence electrons. The summed E-state index contributed by atoms with van der Waals surface area (Å²) in [6, 6.07) is 18.1. The number of likely N-dealkylation sites (tertiary alicyclic amines) is 1. The number of nitrogens with zero attached hydrogens (tertiary/aromatic N) is 5. The van der Waals surface area contributed by atoms with Crippen LogP contribution in [0.4, 0.5) is 11.5 Å². The number of rotatable bonds is 4. The summed E-state index contributed by atoms with van der Waals surface area (Å²) >= 11 is 0. The van der Waals surface area contributed by atoms with Crippen molar-refractivity contribution >= 4 is 17.5 Å². The monoisotopic (exact) mass is 508 g/mol. The lowest BCUT2D eigenvalue weighted by Crippen LogP contribution is -2.46. The zero-order chi connectivity index (χ0) is 25.5. The minimum absolute atomic E-state index is 0.363. The highest BCUT2D eigenvalue weighted by Crippen LogP contribution is 2.32. The summed E-state index contributed by atoms with van der Waals surface area (Å²) in [4.78, 5) is 7.34. The van der Waals surface area contributed by atoms with Crippen molar-refractivity contribution in [2.24, 2.45) is 10.7 Å². The highest BCUT2D eigenvalue weighted by molar-refractivity contribution is 5.95. The molecule has 3 heterocycles. The van der Waals surface area contributed by atoms with E-state index in [4.69, 9.17) is 5.73 Å². The summed E-state index contributed by atoms with van der Waals surface area (Å²) in [5, 5.41) is 14.4. The lowest BCUT2D eigenvalue weighted by molar-refractivity contribution is 0.222. The second kappa shape index (κ2) is 10.0. The van der Waals surface area contributed by atoms with E-state index in [9.17, 15) is 0 Å². The van der Waals surface area contributed by atoms with E-state index in [-0.39, 0.29) is 6.29 Å². The minimum Gasteiger partial charge on any atom is -0.368 e. The molecule has 2 aliphatic carbocycles. The maximum Gasteiger partial charge on any atom is 0.215 e. The summed E-state index contributed by atoms with van der Waals surface area (Å²) in [7, 11) is 0. The normalized spacial score (nSPS) is 23.2. The minimum atomic E-state index is -0.363. The average Bonchev–Trinajstić information content (AvgIpc) is 3.49. The Morgan fingerprint density at radius 3 is 2.53 bits per heavy atom. The van der Waals surface area contributed by atoms with Gasteiger partial charge in [0, 0.05) is 17.3 Å². The maximum atomic E-state index is 6.35. The van der Waals surface area contributed by atoms with Crippen molar-refractivity contribution in [3.05, 3.63) is 70.8 Å². The van der Waals surface area contributed by atoms with Crippen molar-refractivity contribution in [1.82, 2.24) is 20.5 Å². The van der Waals surface area contributed by atoms with Gasteiger partial charge in [0.25, 0.3) is 0 Å². The van der Waals surface area contributed by atoms with Crippen molar-refractivity contribution in [3.8, 4) is 11.3 Å². The quantitative estimate of drug-likeness (QED) is 0.459. The largest absolute Gasteiger partial charge is 0.368 e. The van der Waals surface area contributed by atoms with Gasteiger partial charge in [-0.05, 0) is 111 Å². The van der Waals surface area contributed by atoms with Gasteiger partial charge in [0.2, 0.25) is 5.96 Å². The van der Waals surface area contributed by atoms with E-state index in [1.54, 1.807) is 5.01 Å². The molecule has 7 rings (SSSR count). The van der Waals surface area contributed by atoms with Crippen LogP contribution in [0.5, 0.6) is 0 Å². The molecule has 3 aromatic rings. The van der Waals surface area contributed by atoms with Crippen molar-refractivity contribution < 1.29 is 0 Å². The van der Waals surface area contributed by atoms with E-state index in [0.29, 0.717) is 11.8 Å². The van der Waals surface area contributed by atoms with E-state index >= 15 is 0 Å². The Bertz CT molecular complexity index is 1360. The first-order chi connectivity index (χ1) is 18.7. The number of benzene rings is 2. The topological polar surface area (TPSA) is 94.7 Å². The second-order valence-corrected chi connectivity index (χ2v) is 11.0. The van der Waals surface area contributed by atoms with Gasteiger partial charge in [-0.3, -0.25) is 0 Å². The third-order valence-corrected chi connectivity index (χ3v) is 8.66. The molecule has 0 bridgehead atoms. The maximum absolute atomic E-state index is 6.35. The molecule has 4 N–H and O–H groups in total. The van der Waals surface area contributed by atoms with Crippen LogP contribution < -0.4 is 21.5 Å². The number of nitrogens with one attached hydrogen (secondary N) is 2. The molecule has 2 atom stereocenters. The standard InChI is InChI=1S/C30H36N8/c31-29-33-30(32-24-13-10-20-11-14-25(15-12-22(20)18-24)37-16-3-4-17-37)36-38(29)27-19-23-8-5-7-21-6-1-2-9-26(21)28(23)35-34-27/h1-2,6,9-10,13,18-19,25,30,32,36H,3-5,7-8,11-12,14-17H2,(H2,31,33). The number of fused-ring (bicyclic) bond motifs is 4. The highest BCUT2D eigenvalue weighted by Gasteiger charge is 2.28. The zero-order valence-corrected chi connectivity index (χ0v) is 21.9. The van der Waals surface area contributed by atoms with Gasteiger partial charge in [-0.25, -0.2) is 10.0 Å². The molecular formula is C30H36N8. The van der Waals surface area contributed by atoms with Crippen molar-refractivity contribution in [1.29, 1.82) is 0 Å². The summed E-state index contributed by atoms with van der Waals surface area (Å²) in [5.74, 6) is 1.05. The van der Waals surface area contributed by atoms with Gasteiger partial charge in [-0.1, -0.05) is 30.3 Å². The van der Waals surface area contributed by atoms with Gasteiger partial charge in [-0.15, -0.1) is 10.2 Å². The number of aliphatic imine (C=N–C) groups is 1. The fourth-order valence-corrected chi connectivity index (χ4v) is 6.65. The predicted octanol–water partition coefficient (Wildman–Crippen LogP) is 4.01. The molecule has 2 aromatic carbocycles. The number of guanidine groups is 1. The summed E-state index contributed by atoms with van der Waals surface area (Å²) in [6.45, 7) is 2.55. The Balaban J connectivity index is 1.05. The number of hydrogen-bond donors (Lipinski definition) is 3. The van der Waals surface area contributed by atoms with E-state index < -0.39 is 0 Å². The lowest BCUT2D eigenvalue weighted by atomic mass is 10.0. The molecule has 2 unspecified atom stereocenters. The van der Waals surface area contributed by atoms with E-state index in [2.05, 4.69) is 79.4 Å². The van der Waals surface area contributed by atoms with E-state index in [0.717, 1.165) is 43.1 Å². The van der Waals surface area contributed by atoms with Crippen LogP contribution in [0.1, 0.15) is 54.4 Å². The average molecular weight is 509 g/mol. The Labute approximate surface area is 224 Å². The van der Waals surface area contributed by atoms with Gasteiger partial charge in [0.1, 0.15) is 0 Å². The molecule has 2 aliphatic heterocycles. The molecule has 1 fully saturated rings. The van der Waals surface area contributed by atoms with Gasteiger partial charge >= 0.3 is 0 Å². The highest BCUT2D eigenvalue weighted by atomic mass is 15.7. The number of hydrazine groups is 1. The summed E-state index contributed by atoms with van der Waals surface area (Å²) < 4.78 is 0. The van der Waals surface area contributed by atoms with Crippen molar-refractivity contribution in [2.45, 2.75) is 70.1 Å². The Morgan fingerprint density at radius 1 is 0.816 bits per heavy atom. The summed E-state index contributed by atoms with van der Waals surface area (Å²) in [6.07, 6.45) is 10.3. The Kier molecular flexibility index (Phi) is 6.21. The van der Waals surface area contributed by atoms with Gasteiger partial charge in [-0.2, -0.15) is 5.43 Å². The smallest absolute Gasteiger partial charge is 0.215 e. The zero-order valence-electron chi connectivity index (χ0n) is 21.9. The lowest BCUT2D eigenvalue weighted by Gasteiger charge is -2.26. The van der Waals surface area contributed by atoms with Gasteiger partial charge in [0.05, 0.1) is 5.69 Å². The second-order valence-electron chi connectivity index (χ2n) is 11.0. The first-order valence-electron chi connectivity index (χ1n) is 14.2. The fraction of sp³-hybridized carbons (Fsp3) is 0.433. The van der Waals surface area contributed by atoms with Crippen LogP contribution in [0.3, 0.4) is 0 Å². The van der Waals surface area contributed by atoms with Crippen LogP contribution in [0.25, 0.3) is 11.3 Å². The molecule has 0 radical (unpaired) electrons. The number of aryl methyl sites for hydroxylation is 4. The van der Waals surface area contributed by atoms with Crippen LogP contribution in [0.2, 0.25) is 0 Å². The third-order valence-electron chi connectivity index (χ3n) is 8.66. The molecule has 38 heavy (non-hydrogen) atoms. The van der Waals surface area contributed by atoms with E-state index in [1.165, 1.54) is 73.0 Å².